The highest BCUT2D eigenvalue weighted by atomic mass is 19.1. The number of H-pyrrole nitrogens is 1. The van der Waals surface area contributed by atoms with Crippen molar-refractivity contribution < 1.29 is 18.3 Å². The molecule has 0 spiro atoms. The summed E-state index contributed by atoms with van der Waals surface area (Å²) < 4.78 is 34.0. The Bertz CT molecular complexity index is 1280. The van der Waals surface area contributed by atoms with Crippen LogP contribution in [0.3, 0.4) is 0 Å². The molecule has 1 aliphatic carbocycles. The largest absolute Gasteiger partial charge is 0.378 e. The van der Waals surface area contributed by atoms with Gasteiger partial charge in [-0.2, -0.15) is 5.26 Å². The van der Waals surface area contributed by atoms with Crippen LogP contribution in [0.4, 0.5) is 19.4 Å². The van der Waals surface area contributed by atoms with E-state index in [1.54, 1.807) is 11.1 Å². The van der Waals surface area contributed by atoms with Gasteiger partial charge in [0.2, 0.25) is 0 Å². The van der Waals surface area contributed by atoms with Crippen molar-refractivity contribution in [2.24, 2.45) is 0 Å². The summed E-state index contributed by atoms with van der Waals surface area (Å²) in [5.74, 6) is -1.15. The Morgan fingerprint density at radius 1 is 1.23 bits per heavy atom. The molecule has 0 radical (unpaired) electrons. The first kappa shape index (κ1) is 23.0. The summed E-state index contributed by atoms with van der Waals surface area (Å²) in [4.78, 5) is 25.7. The first-order valence-electron chi connectivity index (χ1n) is 11.6. The van der Waals surface area contributed by atoms with Crippen molar-refractivity contribution in [2.75, 3.05) is 31.6 Å². The van der Waals surface area contributed by atoms with E-state index in [1.807, 2.05) is 6.07 Å². The van der Waals surface area contributed by atoms with Crippen LogP contribution in [0.15, 0.2) is 24.5 Å². The van der Waals surface area contributed by atoms with Gasteiger partial charge in [0.05, 0.1) is 30.7 Å². The molecule has 2 amide bonds. The number of aromatic amines is 1. The molecule has 0 bridgehead atoms. The molecule has 11 heteroatoms. The van der Waals surface area contributed by atoms with Gasteiger partial charge in [-0.25, -0.2) is 23.5 Å². The second-order valence-electron chi connectivity index (χ2n) is 8.83. The van der Waals surface area contributed by atoms with Crippen LogP contribution in [0.5, 0.6) is 0 Å². The van der Waals surface area contributed by atoms with Crippen molar-refractivity contribution >= 4 is 22.9 Å². The number of carbonyl (C=O) groups excluding carboxylic acids is 1. The standard InChI is InChI=1S/C24H25F2N7O2/c25-15-9-18-19(13-29-22(18)28-12-15)21-14(11-27)8-20(26)23(32-21)30-16-2-1-3-17(10-16)31-24(34)33-4-6-35-7-5-33/h8-9,12-13,16-17H,1-7,10H2,(H,28,29)(H,30,32)(H,31,34)/t16-,17+/m0/s1. The Morgan fingerprint density at radius 3 is 2.83 bits per heavy atom. The zero-order valence-corrected chi connectivity index (χ0v) is 19.0. The zero-order valence-electron chi connectivity index (χ0n) is 19.0. The van der Waals surface area contributed by atoms with Crippen molar-refractivity contribution in [1.29, 1.82) is 5.26 Å². The Kier molecular flexibility index (Phi) is 6.46. The lowest BCUT2D eigenvalue weighted by Crippen LogP contribution is -2.51. The van der Waals surface area contributed by atoms with Crippen LogP contribution in [-0.4, -0.2) is 64.3 Å². The quantitative estimate of drug-likeness (QED) is 0.525. The maximum atomic E-state index is 14.9. The Labute approximate surface area is 200 Å². The zero-order chi connectivity index (χ0) is 24.4. The van der Waals surface area contributed by atoms with Crippen molar-refractivity contribution in [2.45, 2.75) is 37.8 Å². The fourth-order valence-corrected chi connectivity index (χ4v) is 4.73. The monoisotopic (exact) mass is 481 g/mol. The minimum absolute atomic E-state index is 0.0165. The second-order valence-corrected chi connectivity index (χ2v) is 8.83. The number of amides is 2. The molecule has 2 aliphatic rings. The summed E-state index contributed by atoms with van der Waals surface area (Å²) in [5, 5.41) is 16.3. The SMILES string of the molecule is N#Cc1cc(F)c(N[C@H]2CCC[C@@H](NC(=O)N3CCOCC3)C2)nc1-c1c[nH]c2ncc(F)cc12. The number of nitrogens with zero attached hydrogens (tertiary/aromatic N) is 4. The summed E-state index contributed by atoms with van der Waals surface area (Å²) in [6.07, 6.45) is 5.80. The summed E-state index contributed by atoms with van der Waals surface area (Å²) in [6.45, 7) is 2.20. The van der Waals surface area contributed by atoms with E-state index < -0.39 is 11.6 Å². The maximum Gasteiger partial charge on any atom is 0.317 e. The van der Waals surface area contributed by atoms with Crippen LogP contribution < -0.4 is 10.6 Å². The number of morpholine rings is 1. The Morgan fingerprint density at radius 2 is 2.03 bits per heavy atom. The molecular weight excluding hydrogens is 456 g/mol. The average molecular weight is 482 g/mol. The number of halogens is 2. The summed E-state index contributed by atoms with van der Waals surface area (Å²) in [7, 11) is 0. The smallest absolute Gasteiger partial charge is 0.317 e. The average Bonchev–Trinajstić information content (AvgIpc) is 3.28. The highest BCUT2D eigenvalue weighted by Gasteiger charge is 2.27. The summed E-state index contributed by atoms with van der Waals surface area (Å²) in [6, 6.07) is 4.16. The number of rotatable bonds is 4. The number of pyridine rings is 2. The first-order chi connectivity index (χ1) is 17.0. The topological polar surface area (TPSA) is 119 Å². The molecule has 2 fully saturated rings. The van der Waals surface area contributed by atoms with Crippen LogP contribution in [0.1, 0.15) is 31.2 Å². The third-order valence-corrected chi connectivity index (χ3v) is 6.49. The fourth-order valence-electron chi connectivity index (χ4n) is 4.73. The van der Waals surface area contributed by atoms with Crippen LogP contribution in [0.2, 0.25) is 0 Å². The molecule has 5 rings (SSSR count). The highest BCUT2D eigenvalue weighted by molar-refractivity contribution is 5.94. The molecule has 1 saturated heterocycles. The summed E-state index contributed by atoms with van der Waals surface area (Å²) >= 11 is 0. The van der Waals surface area contributed by atoms with Crippen molar-refractivity contribution in [3.8, 4) is 17.3 Å². The number of nitriles is 1. The molecule has 182 valence electrons. The molecule has 1 saturated carbocycles. The molecule has 2 atom stereocenters. The number of anilines is 1. The lowest BCUT2D eigenvalue weighted by atomic mass is 9.91. The molecule has 3 aromatic rings. The number of hydrogen-bond acceptors (Lipinski definition) is 6. The second kappa shape index (κ2) is 9.84. The van der Waals surface area contributed by atoms with Crippen LogP contribution in [0, 0.1) is 23.0 Å². The van der Waals surface area contributed by atoms with Gasteiger partial charge in [0.1, 0.15) is 17.5 Å². The number of fused-ring (bicyclic) bond motifs is 1. The van der Waals surface area contributed by atoms with Gasteiger partial charge < -0.3 is 25.3 Å². The van der Waals surface area contributed by atoms with Crippen molar-refractivity contribution in [3.05, 3.63) is 41.7 Å². The van der Waals surface area contributed by atoms with Crippen molar-refractivity contribution in [1.82, 2.24) is 25.2 Å². The van der Waals surface area contributed by atoms with Gasteiger partial charge in [-0.3, -0.25) is 0 Å². The van der Waals surface area contributed by atoms with E-state index in [9.17, 15) is 18.8 Å². The molecule has 4 heterocycles. The van der Waals surface area contributed by atoms with Gasteiger partial charge in [-0.1, -0.05) is 0 Å². The van der Waals surface area contributed by atoms with E-state index in [0.717, 1.165) is 31.5 Å². The van der Waals surface area contributed by atoms with Crippen LogP contribution in [-0.2, 0) is 4.74 Å². The molecule has 9 nitrogen and oxygen atoms in total. The van der Waals surface area contributed by atoms with E-state index in [1.165, 1.54) is 6.07 Å². The number of aromatic nitrogens is 3. The molecule has 3 aromatic heterocycles. The summed E-state index contributed by atoms with van der Waals surface area (Å²) in [5.41, 5.74) is 1.18. The van der Waals surface area contributed by atoms with E-state index >= 15 is 0 Å². The van der Waals surface area contributed by atoms with Crippen LogP contribution in [0.25, 0.3) is 22.3 Å². The predicted octanol–water partition coefficient (Wildman–Crippen LogP) is 3.54. The molecule has 0 aromatic carbocycles. The first-order valence-corrected chi connectivity index (χ1v) is 11.6. The van der Waals surface area contributed by atoms with Gasteiger partial charge in [-0.05, 0) is 37.8 Å². The minimum Gasteiger partial charge on any atom is -0.378 e. The third kappa shape index (κ3) is 4.88. The molecule has 35 heavy (non-hydrogen) atoms. The van der Waals surface area contributed by atoms with Gasteiger partial charge >= 0.3 is 6.03 Å². The fraction of sp³-hybridized carbons (Fsp3) is 0.417. The molecule has 3 N–H and O–H groups in total. The Hall–Kier alpha value is -3.78. The van der Waals surface area contributed by atoms with Gasteiger partial charge in [0.15, 0.2) is 11.6 Å². The molecular formula is C24H25F2N7O2. The Balaban J connectivity index is 1.35. The number of nitrogens with one attached hydrogen (secondary N) is 3. The highest BCUT2D eigenvalue weighted by Crippen LogP contribution is 2.32. The predicted molar refractivity (Wildman–Crippen MR) is 125 cm³/mol. The third-order valence-electron chi connectivity index (χ3n) is 6.49. The number of ether oxygens (including phenoxy) is 1. The normalized spacial score (nSPS) is 20.4. The molecule has 1 aliphatic heterocycles. The van der Waals surface area contributed by atoms with E-state index in [2.05, 4.69) is 25.6 Å². The van der Waals surface area contributed by atoms with E-state index in [4.69, 9.17) is 4.74 Å². The number of hydrogen-bond donors (Lipinski definition) is 3. The van der Waals surface area contributed by atoms with Crippen molar-refractivity contribution in [3.63, 3.8) is 0 Å². The van der Waals surface area contributed by atoms with Gasteiger partial charge in [0.25, 0.3) is 0 Å². The molecule has 0 unspecified atom stereocenters. The minimum atomic E-state index is -0.645. The van der Waals surface area contributed by atoms with Crippen LogP contribution >= 0.6 is 0 Å². The number of carbonyl (C=O) groups is 1. The van der Waals surface area contributed by atoms with E-state index in [0.29, 0.717) is 49.3 Å². The van der Waals surface area contributed by atoms with Gasteiger partial charge in [0, 0.05) is 42.3 Å². The lowest BCUT2D eigenvalue weighted by molar-refractivity contribution is 0.0521. The maximum absolute atomic E-state index is 14.9. The lowest BCUT2D eigenvalue weighted by Gasteiger charge is -2.33. The van der Waals surface area contributed by atoms with E-state index in [-0.39, 0.29) is 35.2 Å². The van der Waals surface area contributed by atoms with Gasteiger partial charge in [-0.15, -0.1) is 0 Å². The number of urea groups is 1.